The number of carbonyl (C=O) groups excluding carboxylic acids is 1. The predicted octanol–water partition coefficient (Wildman–Crippen LogP) is 3.43. The molecule has 2 aromatic rings. The zero-order valence-electron chi connectivity index (χ0n) is 13.4. The SMILES string of the molecule is CCOCCCC(=O)N1CCc2c([nH]c3ccccc23)C1C. The lowest BCUT2D eigenvalue weighted by molar-refractivity contribution is -0.134. The van der Waals surface area contributed by atoms with Crippen molar-refractivity contribution in [1.82, 2.24) is 9.88 Å². The van der Waals surface area contributed by atoms with Crippen LogP contribution in [0.1, 0.15) is 44.0 Å². The summed E-state index contributed by atoms with van der Waals surface area (Å²) in [5.41, 5.74) is 3.75. The number of H-pyrrole nitrogens is 1. The van der Waals surface area contributed by atoms with Crippen LogP contribution in [0.25, 0.3) is 10.9 Å². The zero-order chi connectivity index (χ0) is 15.5. The van der Waals surface area contributed by atoms with E-state index in [0.717, 1.165) is 19.4 Å². The van der Waals surface area contributed by atoms with Crippen LogP contribution in [-0.4, -0.2) is 35.5 Å². The Balaban J connectivity index is 1.73. The number of nitrogens with one attached hydrogen (secondary N) is 1. The quantitative estimate of drug-likeness (QED) is 0.860. The van der Waals surface area contributed by atoms with Gasteiger partial charge in [0.25, 0.3) is 0 Å². The summed E-state index contributed by atoms with van der Waals surface area (Å²) in [6.07, 6.45) is 2.30. The number of benzene rings is 1. The number of aromatic amines is 1. The van der Waals surface area contributed by atoms with Crippen LogP contribution >= 0.6 is 0 Å². The van der Waals surface area contributed by atoms with E-state index in [1.165, 1.54) is 22.2 Å². The Hall–Kier alpha value is -1.81. The molecule has 1 amide bonds. The van der Waals surface area contributed by atoms with Crippen LogP contribution in [0.2, 0.25) is 0 Å². The molecule has 4 heteroatoms. The first-order chi connectivity index (χ1) is 10.7. The van der Waals surface area contributed by atoms with Crippen LogP contribution in [0, 0.1) is 0 Å². The van der Waals surface area contributed by atoms with E-state index in [1.54, 1.807) is 0 Å². The van der Waals surface area contributed by atoms with Crippen LogP contribution in [0.5, 0.6) is 0 Å². The van der Waals surface area contributed by atoms with Gasteiger partial charge in [-0.25, -0.2) is 0 Å². The summed E-state index contributed by atoms with van der Waals surface area (Å²) in [6, 6.07) is 8.51. The average molecular weight is 300 g/mol. The third-order valence-electron chi connectivity index (χ3n) is 4.54. The highest BCUT2D eigenvalue weighted by molar-refractivity contribution is 5.86. The number of amides is 1. The van der Waals surface area contributed by atoms with Crippen LogP contribution < -0.4 is 0 Å². The van der Waals surface area contributed by atoms with Crippen molar-refractivity contribution in [2.24, 2.45) is 0 Å². The van der Waals surface area contributed by atoms with E-state index < -0.39 is 0 Å². The van der Waals surface area contributed by atoms with E-state index in [9.17, 15) is 4.79 Å². The summed E-state index contributed by atoms with van der Waals surface area (Å²) in [5, 5.41) is 1.30. The lowest BCUT2D eigenvalue weighted by atomic mass is 9.98. The predicted molar refractivity (Wildman–Crippen MR) is 87.9 cm³/mol. The van der Waals surface area contributed by atoms with E-state index in [1.807, 2.05) is 17.9 Å². The molecule has 1 aromatic carbocycles. The summed E-state index contributed by atoms with van der Waals surface area (Å²) >= 11 is 0. The standard InChI is InChI=1S/C18H24N2O2/c1-3-22-12-6-9-17(21)20-11-10-15-14-7-4-5-8-16(14)19-18(15)13(20)2/h4-5,7-8,13,19H,3,6,9-12H2,1-2H3. The number of fused-ring (bicyclic) bond motifs is 3. The Bertz CT molecular complexity index is 662. The smallest absolute Gasteiger partial charge is 0.223 e. The molecule has 0 fully saturated rings. The van der Waals surface area contributed by atoms with E-state index in [4.69, 9.17) is 4.74 Å². The molecule has 0 saturated heterocycles. The topological polar surface area (TPSA) is 45.3 Å². The highest BCUT2D eigenvalue weighted by atomic mass is 16.5. The highest BCUT2D eigenvalue weighted by Crippen LogP contribution is 2.34. The van der Waals surface area contributed by atoms with Crippen LogP contribution in [-0.2, 0) is 16.0 Å². The second-order valence-corrected chi connectivity index (χ2v) is 5.88. The number of rotatable bonds is 5. The highest BCUT2D eigenvalue weighted by Gasteiger charge is 2.29. The van der Waals surface area contributed by atoms with Gasteiger partial charge in [0.1, 0.15) is 0 Å². The van der Waals surface area contributed by atoms with Gasteiger partial charge in [-0.2, -0.15) is 0 Å². The first-order valence-electron chi connectivity index (χ1n) is 8.19. The number of hydrogen-bond acceptors (Lipinski definition) is 2. The molecule has 2 heterocycles. The molecule has 1 aromatic heterocycles. The molecule has 1 unspecified atom stereocenters. The van der Waals surface area contributed by atoms with Crippen LogP contribution in [0.4, 0.5) is 0 Å². The minimum Gasteiger partial charge on any atom is -0.382 e. The minimum atomic E-state index is 0.121. The van der Waals surface area contributed by atoms with Gasteiger partial charge in [-0.15, -0.1) is 0 Å². The van der Waals surface area contributed by atoms with Gasteiger partial charge < -0.3 is 14.6 Å². The Kier molecular flexibility index (Phi) is 4.48. The van der Waals surface area contributed by atoms with Gasteiger partial charge in [0, 0.05) is 42.8 Å². The number of hydrogen-bond donors (Lipinski definition) is 1. The summed E-state index contributed by atoms with van der Waals surface area (Å²) < 4.78 is 5.32. The maximum atomic E-state index is 12.5. The van der Waals surface area contributed by atoms with Crippen molar-refractivity contribution in [3.05, 3.63) is 35.5 Å². The van der Waals surface area contributed by atoms with Crippen LogP contribution in [0.15, 0.2) is 24.3 Å². The molecule has 0 saturated carbocycles. The Morgan fingerprint density at radius 3 is 3.05 bits per heavy atom. The molecule has 1 aliphatic heterocycles. The number of carbonyl (C=O) groups is 1. The van der Waals surface area contributed by atoms with Crippen molar-refractivity contribution in [2.45, 2.75) is 39.2 Å². The third kappa shape index (κ3) is 2.75. The molecule has 118 valence electrons. The van der Waals surface area contributed by atoms with Crippen molar-refractivity contribution < 1.29 is 9.53 Å². The maximum absolute atomic E-state index is 12.5. The fourth-order valence-corrected chi connectivity index (χ4v) is 3.38. The van der Waals surface area contributed by atoms with Gasteiger partial charge in [0.05, 0.1) is 6.04 Å². The van der Waals surface area contributed by atoms with Gasteiger partial charge in [-0.05, 0) is 38.3 Å². The number of para-hydroxylation sites is 1. The fourth-order valence-electron chi connectivity index (χ4n) is 3.38. The first-order valence-corrected chi connectivity index (χ1v) is 8.19. The van der Waals surface area contributed by atoms with Gasteiger partial charge in [0.15, 0.2) is 0 Å². The average Bonchev–Trinajstić information content (AvgIpc) is 2.91. The summed E-state index contributed by atoms with van der Waals surface area (Å²) in [7, 11) is 0. The Morgan fingerprint density at radius 1 is 1.41 bits per heavy atom. The fraction of sp³-hybridized carbons (Fsp3) is 0.500. The summed E-state index contributed by atoms with van der Waals surface area (Å²) in [6.45, 7) is 6.29. The lowest BCUT2D eigenvalue weighted by Crippen LogP contribution is -2.38. The molecule has 1 aliphatic rings. The first kappa shape index (κ1) is 15.1. The van der Waals surface area contributed by atoms with E-state index in [2.05, 4.69) is 30.1 Å². The van der Waals surface area contributed by atoms with Crippen molar-refractivity contribution >= 4 is 16.8 Å². The Morgan fingerprint density at radius 2 is 2.23 bits per heavy atom. The molecule has 0 aliphatic carbocycles. The van der Waals surface area contributed by atoms with Crippen molar-refractivity contribution in [3.63, 3.8) is 0 Å². The molecule has 0 spiro atoms. The van der Waals surface area contributed by atoms with Crippen molar-refractivity contribution in [3.8, 4) is 0 Å². The van der Waals surface area contributed by atoms with E-state index >= 15 is 0 Å². The molecular weight excluding hydrogens is 276 g/mol. The minimum absolute atomic E-state index is 0.121. The number of ether oxygens (including phenoxy) is 1. The largest absolute Gasteiger partial charge is 0.382 e. The maximum Gasteiger partial charge on any atom is 0.223 e. The third-order valence-corrected chi connectivity index (χ3v) is 4.54. The monoisotopic (exact) mass is 300 g/mol. The van der Waals surface area contributed by atoms with E-state index in [-0.39, 0.29) is 11.9 Å². The summed E-state index contributed by atoms with van der Waals surface area (Å²) in [5.74, 6) is 0.233. The molecule has 0 radical (unpaired) electrons. The van der Waals surface area contributed by atoms with E-state index in [0.29, 0.717) is 19.6 Å². The molecule has 1 N–H and O–H groups in total. The molecule has 0 bridgehead atoms. The van der Waals surface area contributed by atoms with Gasteiger partial charge in [0.2, 0.25) is 5.91 Å². The molecule has 1 atom stereocenters. The van der Waals surface area contributed by atoms with Crippen LogP contribution in [0.3, 0.4) is 0 Å². The van der Waals surface area contributed by atoms with Crippen molar-refractivity contribution in [2.75, 3.05) is 19.8 Å². The van der Waals surface area contributed by atoms with Gasteiger partial charge in [-0.1, -0.05) is 18.2 Å². The second-order valence-electron chi connectivity index (χ2n) is 5.88. The zero-order valence-corrected chi connectivity index (χ0v) is 13.4. The number of aromatic nitrogens is 1. The molecule has 4 nitrogen and oxygen atoms in total. The number of nitrogens with zero attached hydrogens (tertiary/aromatic N) is 1. The van der Waals surface area contributed by atoms with Gasteiger partial charge in [-0.3, -0.25) is 4.79 Å². The molecule has 3 rings (SSSR count). The lowest BCUT2D eigenvalue weighted by Gasteiger charge is -2.33. The van der Waals surface area contributed by atoms with Crippen molar-refractivity contribution in [1.29, 1.82) is 0 Å². The summed E-state index contributed by atoms with van der Waals surface area (Å²) in [4.78, 5) is 18.0. The Labute approximate surface area is 131 Å². The normalized spacial score (nSPS) is 17.7. The second kappa shape index (κ2) is 6.53. The van der Waals surface area contributed by atoms with Gasteiger partial charge >= 0.3 is 0 Å². The molecular formula is C18H24N2O2. The molecule has 22 heavy (non-hydrogen) atoms.